The van der Waals surface area contributed by atoms with Gasteiger partial charge in [-0.15, -0.1) is 0 Å². The summed E-state index contributed by atoms with van der Waals surface area (Å²) in [5, 5.41) is 3.05. The number of nitrogens with one attached hydrogen (secondary N) is 1. The van der Waals surface area contributed by atoms with Crippen molar-refractivity contribution in [2.45, 2.75) is 59.0 Å². The van der Waals surface area contributed by atoms with Crippen LogP contribution in [0.25, 0.3) is 0 Å². The normalized spacial score (nSPS) is 11.6. The summed E-state index contributed by atoms with van der Waals surface area (Å²) in [4.78, 5) is 28.9. The van der Waals surface area contributed by atoms with Gasteiger partial charge in [0, 0.05) is 19.5 Å². The van der Waals surface area contributed by atoms with Crippen LogP contribution < -0.4 is 10.1 Å². The number of carbonyl (C=O) groups excluding carboxylic acids is 2. The van der Waals surface area contributed by atoms with E-state index in [1.165, 1.54) is 5.56 Å². The Labute approximate surface area is 229 Å². The van der Waals surface area contributed by atoms with E-state index < -0.39 is 6.04 Å². The number of amides is 2. The predicted octanol–water partition coefficient (Wildman–Crippen LogP) is 6.26. The lowest BCUT2D eigenvalue weighted by molar-refractivity contribution is -0.142. The van der Waals surface area contributed by atoms with Crippen LogP contribution in [0.1, 0.15) is 48.9 Å². The summed E-state index contributed by atoms with van der Waals surface area (Å²) in [6.07, 6.45) is 3.21. The fourth-order valence-electron chi connectivity index (χ4n) is 4.13. The summed E-state index contributed by atoms with van der Waals surface area (Å²) < 4.78 is 6.76. The lowest BCUT2D eigenvalue weighted by Crippen LogP contribution is -2.52. The fourth-order valence-corrected chi connectivity index (χ4v) is 4.68. The molecular formula is C31H37BrN2O3. The molecule has 1 N–H and O–H groups in total. The molecule has 0 saturated carbocycles. The third kappa shape index (κ3) is 8.46. The number of carbonyl (C=O) groups is 2. The van der Waals surface area contributed by atoms with Gasteiger partial charge in [0.2, 0.25) is 5.91 Å². The van der Waals surface area contributed by atoms with Crippen LogP contribution in [0.15, 0.2) is 77.3 Å². The quantitative estimate of drug-likeness (QED) is 0.249. The molecule has 0 saturated heterocycles. The molecule has 3 aromatic carbocycles. The van der Waals surface area contributed by atoms with Gasteiger partial charge in [-0.25, -0.2) is 0 Å². The highest BCUT2D eigenvalue weighted by Crippen LogP contribution is 2.26. The van der Waals surface area contributed by atoms with Crippen molar-refractivity contribution in [3.63, 3.8) is 0 Å². The number of benzene rings is 3. The van der Waals surface area contributed by atoms with Gasteiger partial charge in [0.1, 0.15) is 11.8 Å². The lowest BCUT2D eigenvalue weighted by Gasteiger charge is -2.32. The molecule has 0 bridgehead atoms. The molecule has 0 spiro atoms. The second kappa shape index (κ2) is 14.6. The molecule has 0 unspecified atom stereocenters. The van der Waals surface area contributed by atoms with E-state index in [0.717, 1.165) is 40.4 Å². The van der Waals surface area contributed by atoms with E-state index in [4.69, 9.17) is 4.74 Å². The average Bonchev–Trinajstić information content (AvgIpc) is 2.91. The first-order valence-corrected chi connectivity index (χ1v) is 13.8. The van der Waals surface area contributed by atoms with Crippen molar-refractivity contribution < 1.29 is 14.3 Å². The second-order valence-corrected chi connectivity index (χ2v) is 10.1. The van der Waals surface area contributed by atoms with E-state index in [1.807, 2.05) is 79.7 Å². The molecule has 1 atom stereocenters. The van der Waals surface area contributed by atoms with Gasteiger partial charge in [-0.05, 0) is 70.1 Å². The Bertz CT molecular complexity index is 1170. The first-order valence-electron chi connectivity index (χ1n) is 13.0. The predicted molar refractivity (Wildman–Crippen MR) is 153 cm³/mol. The minimum absolute atomic E-state index is 0.146. The zero-order chi connectivity index (χ0) is 26.6. The molecule has 196 valence electrons. The van der Waals surface area contributed by atoms with Gasteiger partial charge in [0.05, 0.1) is 4.47 Å². The van der Waals surface area contributed by atoms with Crippen molar-refractivity contribution in [1.29, 1.82) is 0 Å². The molecular weight excluding hydrogens is 528 g/mol. The van der Waals surface area contributed by atoms with E-state index in [9.17, 15) is 9.59 Å². The summed E-state index contributed by atoms with van der Waals surface area (Å²) in [7, 11) is 0. The Morgan fingerprint density at radius 3 is 2.38 bits per heavy atom. The van der Waals surface area contributed by atoms with E-state index in [-0.39, 0.29) is 18.4 Å². The van der Waals surface area contributed by atoms with Crippen LogP contribution >= 0.6 is 15.9 Å². The first-order chi connectivity index (χ1) is 17.9. The zero-order valence-corrected chi connectivity index (χ0v) is 23.6. The average molecular weight is 566 g/mol. The molecule has 6 heteroatoms. The van der Waals surface area contributed by atoms with E-state index in [1.54, 1.807) is 4.90 Å². The Hall–Kier alpha value is -3.12. The first kappa shape index (κ1) is 28.5. The summed E-state index contributed by atoms with van der Waals surface area (Å²) in [5.74, 6) is 0.224. The molecule has 5 nitrogen and oxygen atoms in total. The Morgan fingerprint density at radius 1 is 0.973 bits per heavy atom. The van der Waals surface area contributed by atoms with Gasteiger partial charge in [0.15, 0.2) is 6.61 Å². The number of ether oxygens (including phenoxy) is 1. The summed E-state index contributed by atoms with van der Waals surface area (Å²) in [6.45, 7) is 6.94. The topological polar surface area (TPSA) is 58.6 Å². The van der Waals surface area contributed by atoms with Crippen LogP contribution in [0.5, 0.6) is 5.75 Å². The highest BCUT2D eigenvalue weighted by molar-refractivity contribution is 9.10. The third-order valence-electron chi connectivity index (χ3n) is 6.46. The van der Waals surface area contributed by atoms with Crippen LogP contribution in [0, 0.1) is 6.92 Å². The number of halogens is 1. The third-order valence-corrected chi connectivity index (χ3v) is 7.08. The van der Waals surface area contributed by atoms with Gasteiger partial charge >= 0.3 is 0 Å². The maximum absolute atomic E-state index is 13.7. The number of unbranched alkanes of at least 4 members (excludes halogenated alkanes) is 1. The number of rotatable bonds is 13. The Balaban J connectivity index is 1.90. The maximum atomic E-state index is 13.7. The van der Waals surface area contributed by atoms with E-state index in [0.29, 0.717) is 25.3 Å². The van der Waals surface area contributed by atoms with E-state index in [2.05, 4.69) is 35.1 Å². The molecule has 37 heavy (non-hydrogen) atoms. The molecule has 3 rings (SSSR count). The van der Waals surface area contributed by atoms with Crippen LogP contribution in [-0.4, -0.2) is 35.9 Å². The van der Waals surface area contributed by atoms with Gasteiger partial charge in [-0.2, -0.15) is 0 Å². The molecule has 2 amide bonds. The highest BCUT2D eigenvalue weighted by Gasteiger charge is 2.31. The number of hydrogen-bond acceptors (Lipinski definition) is 3. The van der Waals surface area contributed by atoms with Crippen molar-refractivity contribution in [2.24, 2.45) is 0 Å². The molecule has 0 aliphatic rings. The standard InChI is InChI=1S/C31H37BrN2O3/c1-4-6-18-33-31(36)28(20-25-13-8-7-9-14-25)34(21-26-15-11-10-12-23(26)3)30(35)22-37-29-17-16-24(5-2)19-27(29)32/h7-17,19,28H,4-6,18,20-22H2,1-3H3,(H,33,36)/t28-/m1/s1. The minimum Gasteiger partial charge on any atom is -0.483 e. The van der Waals surface area contributed by atoms with Gasteiger partial charge in [-0.1, -0.05) is 80.9 Å². The Morgan fingerprint density at radius 2 is 1.70 bits per heavy atom. The second-order valence-electron chi connectivity index (χ2n) is 9.21. The van der Waals surface area contributed by atoms with Crippen LogP contribution in [0.4, 0.5) is 0 Å². The minimum atomic E-state index is -0.666. The molecule has 0 heterocycles. The lowest BCUT2D eigenvalue weighted by atomic mass is 10.0. The molecule has 0 radical (unpaired) electrons. The van der Waals surface area contributed by atoms with Gasteiger partial charge in [-0.3, -0.25) is 9.59 Å². The number of aryl methyl sites for hydroxylation is 2. The Kier molecular flexibility index (Phi) is 11.2. The highest BCUT2D eigenvalue weighted by atomic mass is 79.9. The number of nitrogens with zero attached hydrogens (tertiary/aromatic N) is 1. The number of hydrogen-bond donors (Lipinski definition) is 1. The summed E-state index contributed by atoms with van der Waals surface area (Å²) >= 11 is 3.56. The van der Waals surface area contributed by atoms with Crippen molar-refractivity contribution in [2.75, 3.05) is 13.2 Å². The summed E-state index contributed by atoms with van der Waals surface area (Å²) in [5.41, 5.74) is 4.26. The molecule has 0 aliphatic carbocycles. The molecule has 0 aromatic heterocycles. The summed E-state index contributed by atoms with van der Waals surface area (Å²) in [6, 6.07) is 23.0. The van der Waals surface area contributed by atoms with Crippen molar-refractivity contribution >= 4 is 27.7 Å². The SMILES string of the molecule is CCCCNC(=O)[C@@H](Cc1ccccc1)N(Cc1ccccc1C)C(=O)COc1ccc(CC)cc1Br. The fraction of sp³-hybridized carbons (Fsp3) is 0.355. The van der Waals surface area contributed by atoms with Crippen LogP contribution in [0.2, 0.25) is 0 Å². The zero-order valence-electron chi connectivity index (χ0n) is 22.0. The molecule has 0 aliphatic heterocycles. The van der Waals surface area contributed by atoms with E-state index >= 15 is 0 Å². The van der Waals surface area contributed by atoms with Crippen LogP contribution in [0.3, 0.4) is 0 Å². The van der Waals surface area contributed by atoms with Gasteiger partial charge < -0.3 is 15.0 Å². The van der Waals surface area contributed by atoms with Crippen molar-refractivity contribution in [3.8, 4) is 5.75 Å². The largest absolute Gasteiger partial charge is 0.483 e. The van der Waals surface area contributed by atoms with Crippen LogP contribution in [-0.2, 0) is 29.0 Å². The van der Waals surface area contributed by atoms with Crippen molar-refractivity contribution in [1.82, 2.24) is 10.2 Å². The monoisotopic (exact) mass is 564 g/mol. The smallest absolute Gasteiger partial charge is 0.261 e. The van der Waals surface area contributed by atoms with Gasteiger partial charge in [0.25, 0.3) is 5.91 Å². The molecule has 0 fully saturated rings. The molecule has 3 aromatic rings. The maximum Gasteiger partial charge on any atom is 0.261 e. The van der Waals surface area contributed by atoms with Crippen molar-refractivity contribution in [3.05, 3.63) is 99.5 Å².